The third-order valence-corrected chi connectivity index (χ3v) is 7.81. The van der Waals surface area contributed by atoms with Crippen molar-refractivity contribution in [1.82, 2.24) is 14.9 Å². The monoisotopic (exact) mass is 357 g/mol. The van der Waals surface area contributed by atoms with Crippen molar-refractivity contribution in [3.63, 3.8) is 0 Å². The Bertz CT molecular complexity index is 624. The number of amides is 1. The van der Waals surface area contributed by atoms with Crippen molar-refractivity contribution < 1.29 is 13.2 Å². The number of rotatable bonds is 5. The summed E-state index contributed by atoms with van der Waals surface area (Å²) in [5.74, 6) is 0.282. The Kier molecular flexibility index (Phi) is 5.35. The van der Waals surface area contributed by atoms with Crippen LogP contribution in [-0.2, 0) is 14.8 Å². The van der Waals surface area contributed by atoms with Gasteiger partial charge >= 0.3 is 0 Å². The third-order valence-electron chi connectivity index (χ3n) is 4.53. The summed E-state index contributed by atoms with van der Waals surface area (Å²) >= 11 is 1.20. The summed E-state index contributed by atoms with van der Waals surface area (Å²) in [6.07, 6.45) is 3.56. The minimum atomic E-state index is -3.55. The maximum atomic E-state index is 12.7. The smallest absolute Gasteiger partial charge is 0.253 e. The molecule has 0 bridgehead atoms. The molecule has 2 atom stereocenters. The molecule has 2 unspecified atom stereocenters. The Balaban J connectivity index is 1.63. The zero-order chi connectivity index (χ0) is 16.3. The number of nitrogens with one attached hydrogen (secondary N) is 2. The van der Waals surface area contributed by atoms with Gasteiger partial charge in [0.15, 0.2) is 0 Å². The van der Waals surface area contributed by atoms with Gasteiger partial charge in [0.05, 0.1) is 0 Å². The highest BCUT2D eigenvalue weighted by Gasteiger charge is 2.39. The van der Waals surface area contributed by atoms with Crippen LogP contribution in [0.5, 0.6) is 0 Å². The molecule has 0 aromatic carbocycles. The van der Waals surface area contributed by atoms with Crippen LogP contribution in [0.1, 0.15) is 25.7 Å². The normalized spacial score (nSPS) is 26.3. The molecule has 2 aliphatic rings. The summed E-state index contributed by atoms with van der Waals surface area (Å²) < 4.78 is 27.0. The van der Waals surface area contributed by atoms with E-state index in [-0.39, 0.29) is 5.91 Å². The summed E-state index contributed by atoms with van der Waals surface area (Å²) in [6.45, 7) is 3.00. The molecule has 0 spiro atoms. The molecule has 6 nitrogen and oxygen atoms in total. The topological polar surface area (TPSA) is 78.5 Å². The molecule has 2 saturated heterocycles. The standard InChI is InChI=1S/C15H23N3O3S2/c19-15(17-11-12-4-1-7-16-10-12)13-5-2-8-18(13)23(20,21)14-6-3-9-22-14/h3,6,9,12-13,16H,1-2,4-5,7-8,10-11H2,(H,17,19). The fraction of sp³-hybridized carbons (Fsp3) is 0.667. The molecule has 1 aromatic heterocycles. The number of carbonyl (C=O) groups is 1. The highest BCUT2D eigenvalue weighted by Crippen LogP contribution is 2.28. The van der Waals surface area contributed by atoms with Gasteiger partial charge in [-0.1, -0.05) is 6.07 Å². The van der Waals surface area contributed by atoms with E-state index >= 15 is 0 Å². The van der Waals surface area contributed by atoms with E-state index in [1.54, 1.807) is 17.5 Å². The van der Waals surface area contributed by atoms with Crippen LogP contribution in [0.2, 0.25) is 0 Å². The highest BCUT2D eigenvalue weighted by atomic mass is 32.2. The second kappa shape index (κ2) is 7.29. The molecule has 0 saturated carbocycles. The van der Waals surface area contributed by atoms with Crippen LogP contribution in [0.3, 0.4) is 0 Å². The van der Waals surface area contributed by atoms with Crippen LogP contribution in [0.4, 0.5) is 0 Å². The predicted octanol–water partition coefficient (Wildman–Crippen LogP) is 1.02. The van der Waals surface area contributed by atoms with Crippen molar-refractivity contribution in [2.75, 3.05) is 26.2 Å². The molecule has 3 rings (SSSR count). The lowest BCUT2D eigenvalue weighted by Crippen LogP contribution is -2.47. The van der Waals surface area contributed by atoms with Gasteiger partial charge in [0.2, 0.25) is 5.91 Å². The summed E-state index contributed by atoms with van der Waals surface area (Å²) in [7, 11) is -3.55. The molecule has 2 fully saturated rings. The Labute approximate surface area is 141 Å². The van der Waals surface area contributed by atoms with Gasteiger partial charge in [0.25, 0.3) is 10.0 Å². The van der Waals surface area contributed by atoms with Gasteiger partial charge in [-0.25, -0.2) is 8.42 Å². The zero-order valence-corrected chi connectivity index (χ0v) is 14.7. The maximum Gasteiger partial charge on any atom is 0.253 e. The summed E-state index contributed by atoms with van der Waals surface area (Å²) in [5, 5.41) is 8.03. The van der Waals surface area contributed by atoms with E-state index in [9.17, 15) is 13.2 Å². The first-order chi connectivity index (χ1) is 11.1. The van der Waals surface area contributed by atoms with Crippen molar-refractivity contribution in [1.29, 1.82) is 0 Å². The molecule has 1 amide bonds. The molecule has 23 heavy (non-hydrogen) atoms. The Hall–Kier alpha value is -0.960. The van der Waals surface area contributed by atoms with Gasteiger partial charge in [-0.3, -0.25) is 4.79 Å². The molecular formula is C15H23N3O3S2. The van der Waals surface area contributed by atoms with Crippen LogP contribution in [0.15, 0.2) is 21.7 Å². The molecule has 1 aromatic rings. The van der Waals surface area contributed by atoms with Gasteiger partial charge in [0.1, 0.15) is 10.3 Å². The minimum Gasteiger partial charge on any atom is -0.354 e. The van der Waals surface area contributed by atoms with Crippen molar-refractivity contribution in [2.24, 2.45) is 5.92 Å². The van der Waals surface area contributed by atoms with Gasteiger partial charge in [-0.05, 0) is 56.1 Å². The second-order valence-electron chi connectivity index (χ2n) is 6.16. The van der Waals surface area contributed by atoms with Crippen LogP contribution in [-0.4, -0.2) is 50.9 Å². The average molecular weight is 358 g/mol. The minimum absolute atomic E-state index is 0.159. The summed E-state index contributed by atoms with van der Waals surface area (Å²) in [5.41, 5.74) is 0. The van der Waals surface area contributed by atoms with Crippen LogP contribution in [0.25, 0.3) is 0 Å². The Morgan fingerprint density at radius 2 is 2.26 bits per heavy atom. The lowest BCUT2D eigenvalue weighted by Gasteiger charge is -2.26. The molecule has 0 aliphatic carbocycles. The van der Waals surface area contributed by atoms with Crippen molar-refractivity contribution in [3.05, 3.63) is 17.5 Å². The quantitative estimate of drug-likeness (QED) is 0.825. The maximum absolute atomic E-state index is 12.7. The zero-order valence-electron chi connectivity index (χ0n) is 13.0. The second-order valence-corrected chi connectivity index (χ2v) is 9.23. The van der Waals surface area contributed by atoms with E-state index in [2.05, 4.69) is 10.6 Å². The van der Waals surface area contributed by atoms with Crippen molar-refractivity contribution >= 4 is 27.3 Å². The Morgan fingerprint density at radius 3 is 2.96 bits per heavy atom. The number of hydrogen-bond acceptors (Lipinski definition) is 5. The van der Waals surface area contributed by atoms with Gasteiger partial charge in [-0.15, -0.1) is 11.3 Å². The first-order valence-electron chi connectivity index (χ1n) is 8.13. The summed E-state index contributed by atoms with van der Waals surface area (Å²) in [6, 6.07) is 2.75. The first kappa shape index (κ1) is 16.9. The number of carbonyl (C=O) groups excluding carboxylic acids is 1. The van der Waals surface area contributed by atoms with E-state index < -0.39 is 16.1 Å². The molecule has 2 aliphatic heterocycles. The van der Waals surface area contributed by atoms with E-state index in [0.29, 0.717) is 29.6 Å². The Morgan fingerprint density at radius 1 is 1.39 bits per heavy atom. The van der Waals surface area contributed by atoms with Crippen LogP contribution in [0, 0.1) is 5.92 Å². The van der Waals surface area contributed by atoms with Crippen molar-refractivity contribution in [2.45, 2.75) is 35.9 Å². The lowest BCUT2D eigenvalue weighted by atomic mass is 9.99. The van der Waals surface area contributed by atoms with E-state index in [4.69, 9.17) is 0 Å². The predicted molar refractivity (Wildman–Crippen MR) is 89.8 cm³/mol. The number of sulfonamides is 1. The van der Waals surface area contributed by atoms with Crippen LogP contribution >= 0.6 is 11.3 Å². The molecule has 128 valence electrons. The summed E-state index contributed by atoms with van der Waals surface area (Å²) in [4.78, 5) is 12.5. The average Bonchev–Trinajstić information content (AvgIpc) is 3.25. The molecule has 8 heteroatoms. The van der Waals surface area contributed by atoms with E-state index in [0.717, 1.165) is 32.4 Å². The van der Waals surface area contributed by atoms with E-state index in [1.807, 2.05) is 0 Å². The molecule has 0 radical (unpaired) electrons. The highest BCUT2D eigenvalue weighted by molar-refractivity contribution is 7.91. The first-order valence-corrected chi connectivity index (χ1v) is 10.4. The largest absolute Gasteiger partial charge is 0.354 e. The molecule has 3 heterocycles. The number of thiophene rings is 1. The number of piperidine rings is 1. The van der Waals surface area contributed by atoms with Gasteiger partial charge < -0.3 is 10.6 Å². The molecular weight excluding hydrogens is 334 g/mol. The number of hydrogen-bond donors (Lipinski definition) is 2. The number of nitrogens with zero attached hydrogens (tertiary/aromatic N) is 1. The molecule has 2 N–H and O–H groups in total. The van der Waals surface area contributed by atoms with Gasteiger partial charge in [0, 0.05) is 13.1 Å². The van der Waals surface area contributed by atoms with E-state index in [1.165, 1.54) is 15.6 Å². The fourth-order valence-electron chi connectivity index (χ4n) is 3.28. The van der Waals surface area contributed by atoms with Gasteiger partial charge in [-0.2, -0.15) is 4.31 Å². The third kappa shape index (κ3) is 3.76. The lowest BCUT2D eigenvalue weighted by molar-refractivity contribution is -0.124. The van der Waals surface area contributed by atoms with Crippen LogP contribution < -0.4 is 10.6 Å². The van der Waals surface area contributed by atoms with Crippen molar-refractivity contribution in [3.8, 4) is 0 Å². The fourth-order valence-corrected chi connectivity index (χ4v) is 6.05. The SMILES string of the molecule is O=C(NCC1CCCNC1)C1CCCN1S(=O)(=O)c1cccs1.